The molecule has 1 fully saturated rings. The van der Waals surface area contributed by atoms with Crippen molar-refractivity contribution in [2.75, 3.05) is 39.3 Å². The van der Waals surface area contributed by atoms with Gasteiger partial charge in [0, 0.05) is 45.4 Å². The molecular formula is C14H30N2O. The molecule has 0 aromatic rings. The standard InChI is InChI=1S/C14H30N2O/c1-5-14(4)17-12-6-7-15-8-10-16(11-9-15)13(2)3/h13-14H,5-12H2,1-4H3. The average Bonchev–Trinajstić information content (AvgIpc) is 2.34. The lowest BCUT2D eigenvalue weighted by atomic mass is 10.2. The Morgan fingerprint density at radius 2 is 1.71 bits per heavy atom. The van der Waals surface area contributed by atoms with Crippen molar-refractivity contribution < 1.29 is 4.74 Å². The van der Waals surface area contributed by atoms with Crippen LogP contribution in [0.2, 0.25) is 0 Å². The third kappa shape index (κ3) is 5.84. The van der Waals surface area contributed by atoms with Gasteiger partial charge in [0.15, 0.2) is 0 Å². The van der Waals surface area contributed by atoms with Gasteiger partial charge in [0.1, 0.15) is 0 Å². The predicted molar refractivity (Wildman–Crippen MR) is 73.5 cm³/mol. The second-order valence-corrected chi connectivity index (χ2v) is 5.41. The van der Waals surface area contributed by atoms with Crippen LogP contribution in [0.5, 0.6) is 0 Å². The van der Waals surface area contributed by atoms with E-state index in [-0.39, 0.29) is 0 Å². The Hall–Kier alpha value is -0.120. The van der Waals surface area contributed by atoms with Gasteiger partial charge in [-0.3, -0.25) is 4.90 Å². The summed E-state index contributed by atoms with van der Waals surface area (Å²) in [4.78, 5) is 5.13. The molecule has 0 bridgehead atoms. The van der Waals surface area contributed by atoms with E-state index >= 15 is 0 Å². The minimum atomic E-state index is 0.424. The second kappa shape index (κ2) is 8.06. The molecule has 1 aliphatic rings. The first kappa shape index (κ1) is 14.9. The smallest absolute Gasteiger partial charge is 0.0544 e. The second-order valence-electron chi connectivity index (χ2n) is 5.41. The van der Waals surface area contributed by atoms with Crippen LogP contribution in [0.1, 0.15) is 40.5 Å². The number of hydrogen-bond donors (Lipinski definition) is 0. The van der Waals surface area contributed by atoms with Crippen molar-refractivity contribution >= 4 is 0 Å². The van der Waals surface area contributed by atoms with Crippen molar-refractivity contribution in [2.24, 2.45) is 0 Å². The van der Waals surface area contributed by atoms with Gasteiger partial charge in [0.05, 0.1) is 6.10 Å². The molecule has 3 nitrogen and oxygen atoms in total. The summed E-state index contributed by atoms with van der Waals surface area (Å²) in [5.74, 6) is 0. The summed E-state index contributed by atoms with van der Waals surface area (Å²) >= 11 is 0. The van der Waals surface area contributed by atoms with Crippen molar-refractivity contribution in [1.29, 1.82) is 0 Å². The maximum Gasteiger partial charge on any atom is 0.0544 e. The number of piperazine rings is 1. The van der Waals surface area contributed by atoms with E-state index in [9.17, 15) is 0 Å². The van der Waals surface area contributed by atoms with Crippen LogP contribution < -0.4 is 0 Å². The Kier molecular flexibility index (Phi) is 7.09. The zero-order valence-electron chi connectivity index (χ0n) is 12.1. The molecule has 17 heavy (non-hydrogen) atoms. The van der Waals surface area contributed by atoms with Crippen molar-refractivity contribution in [3.63, 3.8) is 0 Å². The number of rotatable bonds is 7. The topological polar surface area (TPSA) is 15.7 Å². The molecule has 3 heteroatoms. The minimum Gasteiger partial charge on any atom is -0.378 e. The van der Waals surface area contributed by atoms with E-state index in [0.717, 1.165) is 13.0 Å². The lowest BCUT2D eigenvalue weighted by Crippen LogP contribution is -2.49. The molecular weight excluding hydrogens is 212 g/mol. The van der Waals surface area contributed by atoms with Crippen LogP contribution in [0.15, 0.2) is 0 Å². The van der Waals surface area contributed by atoms with Crippen LogP contribution in [-0.2, 0) is 4.74 Å². The van der Waals surface area contributed by atoms with Gasteiger partial charge >= 0.3 is 0 Å². The molecule has 0 radical (unpaired) electrons. The first-order chi connectivity index (χ1) is 8.13. The summed E-state index contributed by atoms with van der Waals surface area (Å²) < 4.78 is 5.70. The molecule has 1 rings (SSSR count). The summed E-state index contributed by atoms with van der Waals surface area (Å²) in [7, 11) is 0. The predicted octanol–water partition coefficient (Wildman–Crippen LogP) is 2.22. The molecule has 0 aromatic heterocycles. The van der Waals surface area contributed by atoms with E-state index in [1.165, 1.54) is 39.1 Å². The molecule has 1 heterocycles. The molecule has 1 aliphatic heterocycles. The summed E-state index contributed by atoms with van der Waals surface area (Å²) in [6.45, 7) is 15.9. The highest BCUT2D eigenvalue weighted by Crippen LogP contribution is 2.06. The third-order valence-electron chi connectivity index (χ3n) is 3.73. The van der Waals surface area contributed by atoms with Crippen molar-refractivity contribution in [1.82, 2.24) is 9.80 Å². The monoisotopic (exact) mass is 242 g/mol. The van der Waals surface area contributed by atoms with Crippen LogP contribution in [-0.4, -0.2) is 61.3 Å². The third-order valence-corrected chi connectivity index (χ3v) is 3.73. The molecule has 0 saturated carbocycles. The van der Waals surface area contributed by atoms with E-state index in [0.29, 0.717) is 12.1 Å². The van der Waals surface area contributed by atoms with E-state index < -0.39 is 0 Å². The Bertz CT molecular complexity index is 189. The van der Waals surface area contributed by atoms with Crippen molar-refractivity contribution in [3.8, 4) is 0 Å². The van der Waals surface area contributed by atoms with Gasteiger partial charge in [-0.1, -0.05) is 6.92 Å². The highest BCUT2D eigenvalue weighted by atomic mass is 16.5. The summed E-state index contributed by atoms with van der Waals surface area (Å²) in [5, 5.41) is 0. The van der Waals surface area contributed by atoms with Crippen LogP contribution in [0, 0.1) is 0 Å². The fourth-order valence-electron chi connectivity index (χ4n) is 2.19. The van der Waals surface area contributed by atoms with Gasteiger partial charge < -0.3 is 9.64 Å². The highest BCUT2D eigenvalue weighted by molar-refractivity contribution is 4.73. The van der Waals surface area contributed by atoms with E-state index in [1.807, 2.05) is 0 Å². The van der Waals surface area contributed by atoms with Gasteiger partial charge in [-0.05, 0) is 33.6 Å². The van der Waals surface area contributed by atoms with E-state index in [1.54, 1.807) is 0 Å². The Labute approximate surface area is 107 Å². The Balaban J connectivity index is 2.02. The first-order valence-corrected chi connectivity index (χ1v) is 7.21. The normalized spacial score (nSPS) is 21.0. The molecule has 102 valence electrons. The molecule has 0 amide bonds. The molecule has 1 unspecified atom stereocenters. The maximum atomic E-state index is 5.70. The lowest BCUT2D eigenvalue weighted by Gasteiger charge is -2.36. The van der Waals surface area contributed by atoms with E-state index in [4.69, 9.17) is 4.74 Å². The quantitative estimate of drug-likeness (QED) is 0.637. The SMILES string of the molecule is CCC(C)OCCCN1CCN(C(C)C)CC1. The Morgan fingerprint density at radius 1 is 1.06 bits per heavy atom. The maximum absolute atomic E-state index is 5.70. The number of hydrogen-bond acceptors (Lipinski definition) is 3. The molecule has 0 N–H and O–H groups in total. The first-order valence-electron chi connectivity index (χ1n) is 7.21. The van der Waals surface area contributed by atoms with Crippen LogP contribution in [0.4, 0.5) is 0 Å². The van der Waals surface area contributed by atoms with Gasteiger partial charge in [0.25, 0.3) is 0 Å². The molecule has 0 aliphatic carbocycles. The van der Waals surface area contributed by atoms with Gasteiger partial charge in [0.2, 0.25) is 0 Å². The van der Waals surface area contributed by atoms with Gasteiger partial charge in [-0.2, -0.15) is 0 Å². The molecule has 1 saturated heterocycles. The fraction of sp³-hybridized carbons (Fsp3) is 1.00. The van der Waals surface area contributed by atoms with Crippen molar-refractivity contribution in [3.05, 3.63) is 0 Å². The minimum absolute atomic E-state index is 0.424. The summed E-state index contributed by atoms with van der Waals surface area (Å²) in [6, 6.07) is 0.700. The number of ether oxygens (including phenoxy) is 1. The zero-order chi connectivity index (χ0) is 12.7. The van der Waals surface area contributed by atoms with Gasteiger partial charge in [-0.25, -0.2) is 0 Å². The largest absolute Gasteiger partial charge is 0.378 e. The molecule has 1 atom stereocenters. The van der Waals surface area contributed by atoms with E-state index in [2.05, 4.69) is 37.5 Å². The van der Waals surface area contributed by atoms with Crippen LogP contribution in [0.25, 0.3) is 0 Å². The molecule has 0 spiro atoms. The van der Waals surface area contributed by atoms with Crippen molar-refractivity contribution in [2.45, 2.75) is 52.7 Å². The van der Waals surface area contributed by atoms with Gasteiger partial charge in [-0.15, -0.1) is 0 Å². The summed E-state index contributed by atoms with van der Waals surface area (Å²) in [6.07, 6.45) is 2.71. The Morgan fingerprint density at radius 3 is 2.24 bits per heavy atom. The average molecular weight is 242 g/mol. The molecule has 0 aromatic carbocycles. The fourth-order valence-corrected chi connectivity index (χ4v) is 2.19. The number of nitrogens with zero attached hydrogens (tertiary/aromatic N) is 2. The zero-order valence-corrected chi connectivity index (χ0v) is 12.1. The summed E-state index contributed by atoms with van der Waals surface area (Å²) in [5.41, 5.74) is 0. The van der Waals surface area contributed by atoms with Crippen LogP contribution >= 0.6 is 0 Å². The highest BCUT2D eigenvalue weighted by Gasteiger charge is 2.17. The lowest BCUT2D eigenvalue weighted by molar-refractivity contribution is 0.0494. The van der Waals surface area contributed by atoms with Crippen LogP contribution in [0.3, 0.4) is 0 Å².